The summed E-state index contributed by atoms with van der Waals surface area (Å²) in [5.74, 6) is 6.41. The number of rotatable bonds is 4. The Morgan fingerprint density at radius 2 is 2.29 bits per heavy atom. The molecule has 2 aromatic rings. The molecule has 1 unspecified atom stereocenters. The molecule has 0 radical (unpaired) electrons. The Kier molecular flexibility index (Phi) is 3.46. The van der Waals surface area contributed by atoms with Gasteiger partial charge in [0.2, 0.25) is 0 Å². The van der Waals surface area contributed by atoms with E-state index in [-0.39, 0.29) is 6.04 Å². The molecule has 0 spiro atoms. The zero-order valence-corrected chi connectivity index (χ0v) is 10.9. The molecule has 2 aromatic heterocycles. The van der Waals surface area contributed by atoms with Crippen LogP contribution < -0.4 is 16.0 Å². The van der Waals surface area contributed by atoms with Gasteiger partial charge in [0, 0.05) is 7.05 Å². The van der Waals surface area contributed by atoms with E-state index in [0.29, 0.717) is 0 Å². The standard InChI is InChI=1S/C11H16N4OS/c1-7-5-17-6-8(7)10(14-12)11-9(16-3)4-13-15(11)2/h4-6,10,14H,12H2,1-3H3. The van der Waals surface area contributed by atoms with Crippen LogP contribution in [0.5, 0.6) is 5.75 Å². The van der Waals surface area contributed by atoms with Gasteiger partial charge in [-0.05, 0) is 28.8 Å². The molecule has 0 aliphatic rings. The minimum Gasteiger partial charge on any atom is -0.493 e. The van der Waals surface area contributed by atoms with E-state index in [2.05, 4.69) is 28.2 Å². The maximum Gasteiger partial charge on any atom is 0.161 e. The maximum absolute atomic E-state index is 5.67. The van der Waals surface area contributed by atoms with Crippen LogP contribution in [0.3, 0.4) is 0 Å². The second kappa shape index (κ2) is 4.87. The normalized spacial score (nSPS) is 12.7. The highest BCUT2D eigenvalue weighted by molar-refractivity contribution is 7.08. The smallest absolute Gasteiger partial charge is 0.161 e. The van der Waals surface area contributed by atoms with E-state index in [1.165, 1.54) is 5.56 Å². The molecule has 0 aliphatic heterocycles. The summed E-state index contributed by atoms with van der Waals surface area (Å²) in [4.78, 5) is 0. The lowest BCUT2D eigenvalue weighted by atomic mass is 10.0. The first-order valence-electron chi connectivity index (χ1n) is 5.23. The summed E-state index contributed by atoms with van der Waals surface area (Å²) in [7, 11) is 3.51. The van der Waals surface area contributed by atoms with Gasteiger partial charge in [-0.25, -0.2) is 5.43 Å². The molecule has 0 aromatic carbocycles. The van der Waals surface area contributed by atoms with Crippen LogP contribution in [0.1, 0.15) is 22.9 Å². The molecule has 0 aliphatic carbocycles. The summed E-state index contributed by atoms with van der Waals surface area (Å²) < 4.78 is 7.09. The number of aryl methyl sites for hydroxylation is 2. The van der Waals surface area contributed by atoms with Crippen LogP contribution in [0.15, 0.2) is 17.0 Å². The van der Waals surface area contributed by atoms with Gasteiger partial charge in [0.25, 0.3) is 0 Å². The average molecular weight is 252 g/mol. The van der Waals surface area contributed by atoms with Crippen molar-refractivity contribution in [2.24, 2.45) is 12.9 Å². The molecule has 0 saturated heterocycles. The van der Waals surface area contributed by atoms with Crippen molar-refractivity contribution in [3.05, 3.63) is 33.8 Å². The van der Waals surface area contributed by atoms with Crippen LogP contribution >= 0.6 is 11.3 Å². The van der Waals surface area contributed by atoms with Gasteiger partial charge < -0.3 is 4.74 Å². The third-order valence-corrected chi connectivity index (χ3v) is 3.70. The minimum atomic E-state index is -0.108. The van der Waals surface area contributed by atoms with Crippen molar-refractivity contribution in [2.75, 3.05) is 7.11 Å². The molecule has 92 valence electrons. The number of thiophene rings is 1. The van der Waals surface area contributed by atoms with E-state index >= 15 is 0 Å². The molecular formula is C11H16N4OS. The Hall–Kier alpha value is -1.37. The van der Waals surface area contributed by atoms with Gasteiger partial charge in [-0.15, -0.1) is 0 Å². The highest BCUT2D eigenvalue weighted by atomic mass is 32.1. The Labute approximate surface area is 104 Å². The fourth-order valence-electron chi connectivity index (χ4n) is 1.90. The monoisotopic (exact) mass is 252 g/mol. The molecule has 0 saturated carbocycles. The van der Waals surface area contributed by atoms with Crippen LogP contribution in [-0.2, 0) is 7.05 Å². The molecule has 6 heteroatoms. The maximum atomic E-state index is 5.67. The Morgan fingerprint density at radius 1 is 1.53 bits per heavy atom. The van der Waals surface area contributed by atoms with Crippen molar-refractivity contribution in [1.29, 1.82) is 0 Å². The van der Waals surface area contributed by atoms with Crippen molar-refractivity contribution >= 4 is 11.3 Å². The predicted molar refractivity (Wildman–Crippen MR) is 68.0 cm³/mol. The van der Waals surface area contributed by atoms with Crippen LogP contribution in [0, 0.1) is 6.92 Å². The molecule has 0 fully saturated rings. The molecule has 2 rings (SSSR count). The van der Waals surface area contributed by atoms with Gasteiger partial charge in [0.05, 0.1) is 19.3 Å². The van der Waals surface area contributed by atoms with Gasteiger partial charge >= 0.3 is 0 Å². The number of nitrogens with two attached hydrogens (primary N) is 1. The van der Waals surface area contributed by atoms with Gasteiger partial charge in [0.1, 0.15) is 5.69 Å². The van der Waals surface area contributed by atoms with Gasteiger partial charge in [-0.3, -0.25) is 10.5 Å². The van der Waals surface area contributed by atoms with E-state index in [4.69, 9.17) is 10.6 Å². The Balaban J connectivity index is 2.49. The largest absolute Gasteiger partial charge is 0.493 e. The third-order valence-electron chi connectivity index (χ3n) is 2.82. The first kappa shape index (κ1) is 12.1. The van der Waals surface area contributed by atoms with Crippen molar-refractivity contribution in [3.8, 4) is 5.75 Å². The minimum absolute atomic E-state index is 0.108. The fourth-order valence-corrected chi connectivity index (χ4v) is 2.77. The number of ether oxygens (including phenoxy) is 1. The number of hydrogen-bond acceptors (Lipinski definition) is 5. The molecule has 0 bridgehead atoms. The first-order valence-corrected chi connectivity index (χ1v) is 6.18. The van der Waals surface area contributed by atoms with Crippen molar-refractivity contribution < 1.29 is 4.74 Å². The topological polar surface area (TPSA) is 65.1 Å². The van der Waals surface area contributed by atoms with E-state index in [1.54, 1.807) is 29.3 Å². The quantitative estimate of drug-likeness (QED) is 0.637. The molecule has 2 heterocycles. The lowest BCUT2D eigenvalue weighted by Gasteiger charge is -2.17. The number of aromatic nitrogens is 2. The van der Waals surface area contributed by atoms with Crippen molar-refractivity contribution in [1.82, 2.24) is 15.2 Å². The van der Waals surface area contributed by atoms with Crippen LogP contribution in [0.4, 0.5) is 0 Å². The fraction of sp³-hybridized carbons (Fsp3) is 0.364. The summed E-state index contributed by atoms with van der Waals surface area (Å²) in [5.41, 5.74) is 6.12. The highest BCUT2D eigenvalue weighted by Crippen LogP contribution is 2.31. The van der Waals surface area contributed by atoms with Crippen molar-refractivity contribution in [3.63, 3.8) is 0 Å². The van der Waals surface area contributed by atoms with Gasteiger partial charge in [0.15, 0.2) is 5.75 Å². The molecule has 17 heavy (non-hydrogen) atoms. The second-order valence-electron chi connectivity index (χ2n) is 3.83. The Bertz CT molecular complexity index is 505. The van der Waals surface area contributed by atoms with E-state index < -0.39 is 0 Å². The lowest BCUT2D eigenvalue weighted by Crippen LogP contribution is -2.30. The average Bonchev–Trinajstić information content (AvgIpc) is 2.89. The Morgan fingerprint density at radius 3 is 2.82 bits per heavy atom. The predicted octanol–water partition coefficient (Wildman–Crippen LogP) is 1.35. The molecular weight excluding hydrogens is 236 g/mol. The van der Waals surface area contributed by atoms with Crippen LogP contribution in [-0.4, -0.2) is 16.9 Å². The van der Waals surface area contributed by atoms with Crippen LogP contribution in [0.2, 0.25) is 0 Å². The van der Waals surface area contributed by atoms with Crippen molar-refractivity contribution in [2.45, 2.75) is 13.0 Å². The highest BCUT2D eigenvalue weighted by Gasteiger charge is 2.23. The van der Waals surface area contributed by atoms with E-state index in [0.717, 1.165) is 17.0 Å². The van der Waals surface area contributed by atoms with Gasteiger partial charge in [-0.2, -0.15) is 16.4 Å². The molecule has 3 N–H and O–H groups in total. The number of nitrogens with zero attached hydrogens (tertiary/aromatic N) is 2. The number of nitrogens with one attached hydrogen (secondary N) is 1. The zero-order valence-electron chi connectivity index (χ0n) is 10.1. The van der Waals surface area contributed by atoms with Gasteiger partial charge in [-0.1, -0.05) is 0 Å². The number of hydrogen-bond donors (Lipinski definition) is 2. The molecule has 0 amide bonds. The van der Waals surface area contributed by atoms with E-state index in [1.807, 2.05) is 7.05 Å². The summed E-state index contributed by atoms with van der Waals surface area (Å²) in [6.45, 7) is 2.07. The second-order valence-corrected chi connectivity index (χ2v) is 4.58. The molecule has 5 nitrogen and oxygen atoms in total. The zero-order chi connectivity index (χ0) is 12.4. The summed E-state index contributed by atoms with van der Waals surface area (Å²) in [5, 5.41) is 8.38. The summed E-state index contributed by atoms with van der Waals surface area (Å²) >= 11 is 1.66. The number of methoxy groups -OCH3 is 1. The molecule has 1 atom stereocenters. The summed E-state index contributed by atoms with van der Waals surface area (Å²) in [6.07, 6.45) is 1.70. The first-order chi connectivity index (χ1) is 8.19. The number of hydrazine groups is 1. The van der Waals surface area contributed by atoms with Crippen LogP contribution in [0.25, 0.3) is 0 Å². The SMILES string of the molecule is COc1cnn(C)c1C(NN)c1cscc1C. The third kappa shape index (κ3) is 2.06. The van der Waals surface area contributed by atoms with E-state index in [9.17, 15) is 0 Å². The lowest BCUT2D eigenvalue weighted by molar-refractivity contribution is 0.401. The summed E-state index contributed by atoms with van der Waals surface area (Å²) in [6, 6.07) is -0.108.